The molecule has 0 radical (unpaired) electrons. The van der Waals surface area contributed by atoms with Crippen molar-refractivity contribution >= 4 is 16.9 Å². The topological polar surface area (TPSA) is 75.6 Å². The van der Waals surface area contributed by atoms with Crippen molar-refractivity contribution in [2.24, 2.45) is 13.0 Å². The number of amides is 1. The van der Waals surface area contributed by atoms with Crippen molar-refractivity contribution in [1.82, 2.24) is 25.1 Å². The van der Waals surface area contributed by atoms with Gasteiger partial charge in [0.2, 0.25) is 0 Å². The number of aryl methyl sites for hydroxylation is 1. The van der Waals surface area contributed by atoms with Crippen LogP contribution in [0.3, 0.4) is 0 Å². The molecule has 0 spiro atoms. The van der Waals surface area contributed by atoms with Gasteiger partial charge in [0.25, 0.3) is 5.91 Å². The first-order valence-corrected chi connectivity index (χ1v) is 11.0. The summed E-state index contributed by atoms with van der Waals surface area (Å²) in [5.74, 6) is 2.03. The maximum Gasteiger partial charge on any atom is 0.269 e. The SMILES string of the molecule is Cn1nc(-c2ccccc2)cc1C(=O)NCC1CCC(c2nc3ccccc3[nH]2)CC1. The van der Waals surface area contributed by atoms with Crippen molar-refractivity contribution < 1.29 is 4.79 Å². The molecule has 0 bridgehead atoms. The lowest BCUT2D eigenvalue weighted by Crippen LogP contribution is -2.32. The van der Waals surface area contributed by atoms with E-state index in [1.165, 1.54) is 0 Å². The average Bonchev–Trinajstić information content (AvgIpc) is 3.42. The highest BCUT2D eigenvalue weighted by Gasteiger charge is 2.25. The predicted molar refractivity (Wildman–Crippen MR) is 122 cm³/mol. The molecule has 2 aromatic heterocycles. The molecule has 6 nitrogen and oxygen atoms in total. The van der Waals surface area contributed by atoms with Crippen molar-refractivity contribution in [2.45, 2.75) is 31.6 Å². The molecule has 1 amide bonds. The van der Waals surface area contributed by atoms with Crippen LogP contribution in [-0.2, 0) is 7.05 Å². The van der Waals surface area contributed by atoms with Crippen LogP contribution in [0.1, 0.15) is 47.9 Å². The smallest absolute Gasteiger partial charge is 0.269 e. The maximum absolute atomic E-state index is 12.8. The molecule has 1 aliphatic rings. The Bertz CT molecular complexity index is 1150. The van der Waals surface area contributed by atoms with Gasteiger partial charge >= 0.3 is 0 Å². The Balaban J connectivity index is 1.16. The van der Waals surface area contributed by atoms with Gasteiger partial charge < -0.3 is 10.3 Å². The first-order valence-electron chi connectivity index (χ1n) is 11.0. The van der Waals surface area contributed by atoms with E-state index in [2.05, 4.69) is 27.5 Å². The number of imidazole rings is 1. The van der Waals surface area contributed by atoms with E-state index in [-0.39, 0.29) is 5.91 Å². The second-order valence-electron chi connectivity index (χ2n) is 8.47. The number of carbonyl (C=O) groups is 1. The van der Waals surface area contributed by atoms with E-state index in [4.69, 9.17) is 4.98 Å². The highest BCUT2D eigenvalue weighted by molar-refractivity contribution is 5.93. The number of rotatable bonds is 5. The molecule has 1 fully saturated rings. The minimum Gasteiger partial charge on any atom is -0.350 e. The van der Waals surface area contributed by atoms with Crippen LogP contribution in [0, 0.1) is 5.92 Å². The fourth-order valence-corrected chi connectivity index (χ4v) is 4.56. The van der Waals surface area contributed by atoms with Gasteiger partial charge in [-0.25, -0.2) is 4.98 Å². The molecule has 5 rings (SSSR count). The van der Waals surface area contributed by atoms with Gasteiger partial charge in [0.1, 0.15) is 11.5 Å². The van der Waals surface area contributed by atoms with E-state index < -0.39 is 0 Å². The monoisotopic (exact) mass is 413 g/mol. The number of aromatic nitrogens is 4. The molecule has 1 saturated carbocycles. The summed E-state index contributed by atoms with van der Waals surface area (Å²) >= 11 is 0. The van der Waals surface area contributed by atoms with Crippen molar-refractivity contribution in [3.8, 4) is 11.3 Å². The molecule has 0 saturated heterocycles. The molecule has 2 aromatic carbocycles. The second-order valence-corrected chi connectivity index (χ2v) is 8.47. The highest BCUT2D eigenvalue weighted by atomic mass is 16.2. The van der Waals surface area contributed by atoms with Crippen LogP contribution >= 0.6 is 0 Å². The number of nitrogens with one attached hydrogen (secondary N) is 2. The van der Waals surface area contributed by atoms with Gasteiger partial charge in [-0.1, -0.05) is 42.5 Å². The zero-order valence-corrected chi connectivity index (χ0v) is 17.7. The number of carbonyl (C=O) groups excluding carboxylic acids is 1. The van der Waals surface area contributed by atoms with Crippen LogP contribution in [-0.4, -0.2) is 32.2 Å². The van der Waals surface area contributed by atoms with E-state index in [9.17, 15) is 4.79 Å². The Hall–Kier alpha value is -3.41. The van der Waals surface area contributed by atoms with E-state index in [0.717, 1.165) is 53.8 Å². The third-order valence-electron chi connectivity index (χ3n) is 6.37. The molecule has 1 aliphatic carbocycles. The molecule has 31 heavy (non-hydrogen) atoms. The summed E-state index contributed by atoms with van der Waals surface area (Å²) in [6, 6.07) is 20.0. The van der Waals surface area contributed by atoms with E-state index >= 15 is 0 Å². The molecular formula is C25H27N5O. The summed E-state index contributed by atoms with van der Waals surface area (Å²) in [5.41, 5.74) is 4.58. The van der Waals surface area contributed by atoms with Crippen molar-refractivity contribution in [1.29, 1.82) is 0 Å². The van der Waals surface area contributed by atoms with Gasteiger partial charge in [-0.15, -0.1) is 0 Å². The Morgan fingerprint density at radius 2 is 1.81 bits per heavy atom. The van der Waals surface area contributed by atoms with Gasteiger partial charge in [0, 0.05) is 25.1 Å². The molecule has 0 atom stereocenters. The van der Waals surface area contributed by atoms with Crippen LogP contribution < -0.4 is 5.32 Å². The summed E-state index contributed by atoms with van der Waals surface area (Å²) < 4.78 is 1.66. The third-order valence-corrected chi connectivity index (χ3v) is 6.37. The minimum atomic E-state index is -0.0587. The molecule has 0 unspecified atom stereocenters. The largest absolute Gasteiger partial charge is 0.350 e. The normalized spacial score (nSPS) is 18.9. The maximum atomic E-state index is 12.8. The van der Waals surface area contributed by atoms with E-state index in [1.807, 2.05) is 55.6 Å². The van der Waals surface area contributed by atoms with Crippen molar-refractivity contribution in [3.63, 3.8) is 0 Å². The van der Waals surface area contributed by atoms with E-state index in [1.54, 1.807) is 4.68 Å². The fraction of sp³-hybridized carbons (Fsp3) is 0.320. The lowest BCUT2D eigenvalue weighted by molar-refractivity contribution is 0.0933. The fourth-order valence-electron chi connectivity index (χ4n) is 4.56. The quantitative estimate of drug-likeness (QED) is 0.499. The Labute approximate surface area is 181 Å². The first kappa shape index (κ1) is 19.5. The highest BCUT2D eigenvalue weighted by Crippen LogP contribution is 2.35. The standard InChI is InChI=1S/C25H27N5O/c1-30-23(15-22(29-30)18-7-3-2-4-8-18)25(31)26-16-17-11-13-19(14-12-17)24-27-20-9-5-6-10-21(20)28-24/h2-10,15,17,19H,11-14,16H2,1H3,(H,26,31)(H,27,28). The minimum absolute atomic E-state index is 0.0587. The summed E-state index contributed by atoms with van der Waals surface area (Å²) in [5, 5.41) is 7.63. The third kappa shape index (κ3) is 4.10. The number of benzene rings is 2. The Kier molecular flexibility index (Phi) is 5.28. The number of hydrogen-bond acceptors (Lipinski definition) is 3. The lowest BCUT2D eigenvalue weighted by atomic mass is 9.81. The zero-order chi connectivity index (χ0) is 21.2. The number of fused-ring (bicyclic) bond motifs is 1. The molecule has 6 heteroatoms. The van der Waals surface area contributed by atoms with Crippen LogP contribution in [0.5, 0.6) is 0 Å². The van der Waals surface area contributed by atoms with Crippen LogP contribution in [0.4, 0.5) is 0 Å². The molecule has 2 heterocycles. The second kappa shape index (κ2) is 8.38. The van der Waals surface area contributed by atoms with Gasteiger partial charge in [-0.05, 0) is 49.8 Å². The van der Waals surface area contributed by atoms with Crippen molar-refractivity contribution in [2.75, 3.05) is 6.54 Å². The van der Waals surface area contributed by atoms with Gasteiger partial charge in [0.05, 0.1) is 16.7 Å². The molecule has 2 N–H and O–H groups in total. The van der Waals surface area contributed by atoms with E-state index in [0.29, 0.717) is 24.1 Å². The average molecular weight is 414 g/mol. The molecular weight excluding hydrogens is 386 g/mol. The van der Waals surface area contributed by atoms with Crippen LogP contribution in [0.25, 0.3) is 22.3 Å². The number of nitrogens with zero attached hydrogens (tertiary/aromatic N) is 3. The zero-order valence-electron chi connectivity index (χ0n) is 17.7. The molecule has 4 aromatic rings. The summed E-state index contributed by atoms with van der Waals surface area (Å²) in [7, 11) is 1.82. The van der Waals surface area contributed by atoms with Crippen molar-refractivity contribution in [3.05, 3.63) is 72.2 Å². The van der Waals surface area contributed by atoms with Gasteiger partial charge in [0.15, 0.2) is 0 Å². The van der Waals surface area contributed by atoms with Crippen LogP contribution in [0.15, 0.2) is 60.7 Å². The molecule has 158 valence electrons. The first-order chi connectivity index (χ1) is 15.2. The molecule has 0 aliphatic heterocycles. The predicted octanol–water partition coefficient (Wildman–Crippen LogP) is 4.67. The Morgan fingerprint density at radius 3 is 2.58 bits per heavy atom. The number of hydrogen-bond donors (Lipinski definition) is 2. The van der Waals surface area contributed by atoms with Gasteiger partial charge in [-0.2, -0.15) is 5.10 Å². The summed E-state index contributed by atoms with van der Waals surface area (Å²) in [6.07, 6.45) is 4.40. The summed E-state index contributed by atoms with van der Waals surface area (Å²) in [4.78, 5) is 21.0. The lowest BCUT2D eigenvalue weighted by Gasteiger charge is -2.27. The summed E-state index contributed by atoms with van der Waals surface area (Å²) in [6.45, 7) is 0.706. The van der Waals surface area contributed by atoms with Crippen LogP contribution in [0.2, 0.25) is 0 Å². The number of aromatic amines is 1. The number of para-hydroxylation sites is 2. The number of H-pyrrole nitrogens is 1. The van der Waals surface area contributed by atoms with Gasteiger partial charge in [-0.3, -0.25) is 9.48 Å². The Morgan fingerprint density at radius 1 is 1.06 bits per heavy atom.